The molecule has 1 saturated heterocycles. The summed E-state index contributed by atoms with van der Waals surface area (Å²) in [5.41, 5.74) is -1.68. The number of hydrogen-bond donors (Lipinski definition) is 1. The Balaban J connectivity index is 1.69. The van der Waals surface area contributed by atoms with E-state index in [4.69, 9.17) is 4.74 Å². The number of halogens is 6. The molecule has 0 bridgehead atoms. The van der Waals surface area contributed by atoms with Gasteiger partial charge in [0, 0.05) is 24.9 Å². The standard InChI is InChI=1S/C20H19F6NO/c21-19(22,23)16-6-13(7-17(8-16)20(24,25)26)11-28-12-15-9-27-10-18(15)14-4-2-1-3-5-14/h1-8,15,18,27H,9-12H2. The first kappa shape index (κ1) is 20.7. The van der Waals surface area contributed by atoms with E-state index in [2.05, 4.69) is 5.32 Å². The van der Waals surface area contributed by atoms with Crippen molar-refractivity contribution in [1.29, 1.82) is 0 Å². The van der Waals surface area contributed by atoms with Crippen molar-refractivity contribution >= 4 is 0 Å². The number of nitrogens with one attached hydrogen (secondary N) is 1. The summed E-state index contributed by atoms with van der Waals surface area (Å²) in [6.07, 6.45) is -9.71. The van der Waals surface area contributed by atoms with Crippen LogP contribution >= 0.6 is 0 Å². The molecule has 1 heterocycles. The largest absolute Gasteiger partial charge is 0.416 e. The second-order valence-corrected chi connectivity index (χ2v) is 6.86. The van der Waals surface area contributed by atoms with E-state index in [1.54, 1.807) is 0 Å². The molecule has 1 fully saturated rings. The highest BCUT2D eigenvalue weighted by atomic mass is 19.4. The molecular weight excluding hydrogens is 384 g/mol. The fourth-order valence-corrected chi connectivity index (χ4v) is 3.43. The summed E-state index contributed by atoms with van der Waals surface area (Å²) in [5, 5.41) is 3.25. The Hall–Kier alpha value is -2.06. The molecule has 0 saturated carbocycles. The molecule has 8 heteroatoms. The minimum atomic E-state index is -4.86. The van der Waals surface area contributed by atoms with Crippen molar-refractivity contribution in [2.24, 2.45) is 5.92 Å². The van der Waals surface area contributed by atoms with E-state index in [0.29, 0.717) is 18.7 Å². The fraction of sp³-hybridized carbons (Fsp3) is 0.400. The average Bonchev–Trinajstić information content (AvgIpc) is 3.09. The van der Waals surface area contributed by atoms with Gasteiger partial charge in [-0.15, -0.1) is 0 Å². The van der Waals surface area contributed by atoms with Gasteiger partial charge in [0.1, 0.15) is 0 Å². The summed E-state index contributed by atoms with van der Waals surface area (Å²) in [7, 11) is 0. The molecule has 0 aliphatic carbocycles. The van der Waals surface area contributed by atoms with E-state index in [1.165, 1.54) is 0 Å². The summed E-state index contributed by atoms with van der Waals surface area (Å²) < 4.78 is 83.1. The van der Waals surface area contributed by atoms with Gasteiger partial charge in [-0.2, -0.15) is 26.3 Å². The summed E-state index contributed by atoms with van der Waals surface area (Å²) >= 11 is 0. The number of rotatable bonds is 5. The number of hydrogen-bond acceptors (Lipinski definition) is 2. The lowest BCUT2D eigenvalue weighted by Crippen LogP contribution is -2.18. The van der Waals surface area contributed by atoms with Crippen molar-refractivity contribution in [3.63, 3.8) is 0 Å². The van der Waals surface area contributed by atoms with Crippen LogP contribution in [0.15, 0.2) is 48.5 Å². The van der Waals surface area contributed by atoms with Crippen molar-refractivity contribution < 1.29 is 31.1 Å². The Bertz CT molecular complexity index is 755. The molecule has 0 radical (unpaired) electrons. The van der Waals surface area contributed by atoms with E-state index in [1.807, 2.05) is 30.3 Å². The van der Waals surface area contributed by atoms with Crippen molar-refractivity contribution in [2.75, 3.05) is 19.7 Å². The minimum absolute atomic E-state index is 0.0929. The molecule has 152 valence electrons. The Kier molecular flexibility index (Phi) is 6.00. The van der Waals surface area contributed by atoms with Crippen LogP contribution in [0, 0.1) is 5.92 Å². The van der Waals surface area contributed by atoms with E-state index >= 15 is 0 Å². The van der Waals surface area contributed by atoms with E-state index in [-0.39, 0.29) is 36.7 Å². The molecule has 1 aliphatic heterocycles. The zero-order chi connectivity index (χ0) is 20.4. The van der Waals surface area contributed by atoms with Crippen molar-refractivity contribution in [3.8, 4) is 0 Å². The van der Waals surface area contributed by atoms with Gasteiger partial charge in [-0.25, -0.2) is 0 Å². The third-order valence-corrected chi connectivity index (χ3v) is 4.82. The fourth-order valence-electron chi connectivity index (χ4n) is 3.43. The smallest absolute Gasteiger partial charge is 0.376 e. The Morgan fingerprint density at radius 1 is 0.857 bits per heavy atom. The second-order valence-electron chi connectivity index (χ2n) is 6.86. The van der Waals surface area contributed by atoms with Crippen LogP contribution in [-0.4, -0.2) is 19.7 Å². The maximum absolute atomic E-state index is 12.9. The lowest BCUT2D eigenvalue weighted by atomic mass is 9.89. The molecule has 2 aromatic rings. The normalized spacial score (nSPS) is 20.5. The van der Waals surface area contributed by atoms with Gasteiger partial charge in [0.15, 0.2) is 0 Å². The highest BCUT2D eigenvalue weighted by molar-refractivity contribution is 5.33. The summed E-state index contributed by atoms with van der Waals surface area (Å²) in [4.78, 5) is 0. The average molecular weight is 403 g/mol. The predicted octanol–water partition coefficient (Wildman–Crippen LogP) is 5.24. The lowest BCUT2D eigenvalue weighted by molar-refractivity contribution is -0.143. The van der Waals surface area contributed by atoms with Crippen LogP contribution < -0.4 is 5.32 Å². The predicted molar refractivity (Wildman–Crippen MR) is 91.6 cm³/mol. The highest BCUT2D eigenvalue weighted by Gasteiger charge is 2.37. The zero-order valence-corrected chi connectivity index (χ0v) is 14.8. The van der Waals surface area contributed by atoms with E-state index in [9.17, 15) is 26.3 Å². The van der Waals surface area contributed by atoms with Gasteiger partial charge < -0.3 is 10.1 Å². The minimum Gasteiger partial charge on any atom is -0.376 e. The maximum Gasteiger partial charge on any atom is 0.416 e. The lowest BCUT2D eigenvalue weighted by Gasteiger charge is -2.19. The Labute approximate surface area is 158 Å². The molecule has 3 rings (SSSR count). The number of benzene rings is 2. The summed E-state index contributed by atoms with van der Waals surface area (Å²) in [6.45, 7) is 1.35. The quantitative estimate of drug-likeness (QED) is 0.689. The van der Waals surface area contributed by atoms with Crippen LogP contribution in [0.5, 0.6) is 0 Å². The van der Waals surface area contributed by atoms with Crippen LogP contribution in [0.4, 0.5) is 26.3 Å². The van der Waals surface area contributed by atoms with E-state index in [0.717, 1.165) is 12.1 Å². The van der Waals surface area contributed by atoms with Gasteiger partial charge in [-0.1, -0.05) is 30.3 Å². The van der Waals surface area contributed by atoms with Gasteiger partial charge in [0.25, 0.3) is 0 Å². The van der Waals surface area contributed by atoms with Gasteiger partial charge in [-0.3, -0.25) is 0 Å². The van der Waals surface area contributed by atoms with Crippen molar-refractivity contribution in [1.82, 2.24) is 5.32 Å². The van der Waals surface area contributed by atoms with Crippen LogP contribution in [0.1, 0.15) is 28.2 Å². The maximum atomic E-state index is 12.9. The first-order valence-corrected chi connectivity index (χ1v) is 8.76. The third-order valence-electron chi connectivity index (χ3n) is 4.82. The monoisotopic (exact) mass is 403 g/mol. The van der Waals surface area contributed by atoms with Gasteiger partial charge >= 0.3 is 12.4 Å². The molecule has 2 unspecified atom stereocenters. The molecule has 28 heavy (non-hydrogen) atoms. The molecule has 0 amide bonds. The second kappa shape index (κ2) is 8.13. The Morgan fingerprint density at radius 2 is 1.46 bits per heavy atom. The number of ether oxygens (including phenoxy) is 1. The highest BCUT2D eigenvalue weighted by Crippen LogP contribution is 2.36. The van der Waals surface area contributed by atoms with Gasteiger partial charge in [0.2, 0.25) is 0 Å². The topological polar surface area (TPSA) is 21.3 Å². The molecule has 1 N–H and O–H groups in total. The molecule has 1 aliphatic rings. The zero-order valence-electron chi connectivity index (χ0n) is 14.8. The van der Waals surface area contributed by atoms with Crippen LogP contribution in [-0.2, 0) is 23.7 Å². The molecule has 2 atom stereocenters. The van der Waals surface area contributed by atoms with E-state index < -0.39 is 23.5 Å². The number of alkyl halides is 6. The van der Waals surface area contributed by atoms with Crippen LogP contribution in [0.2, 0.25) is 0 Å². The molecule has 2 aromatic carbocycles. The third kappa shape index (κ3) is 5.05. The molecule has 2 nitrogen and oxygen atoms in total. The molecular formula is C20H19F6NO. The summed E-state index contributed by atoms with van der Waals surface area (Å²) in [6, 6.07) is 11.3. The van der Waals surface area contributed by atoms with Crippen LogP contribution in [0.3, 0.4) is 0 Å². The Morgan fingerprint density at radius 3 is 2.04 bits per heavy atom. The van der Waals surface area contributed by atoms with Gasteiger partial charge in [0.05, 0.1) is 24.3 Å². The van der Waals surface area contributed by atoms with Crippen molar-refractivity contribution in [2.45, 2.75) is 24.9 Å². The summed E-state index contributed by atoms with van der Waals surface area (Å²) in [5.74, 6) is 0.281. The van der Waals surface area contributed by atoms with Crippen LogP contribution in [0.25, 0.3) is 0 Å². The first-order chi connectivity index (χ1) is 13.1. The molecule has 0 aromatic heterocycles. The first-order valence-electron chi connectivity index (χ1n) is 8.76. The van der Waals surface area contributed by atoms with Crippen molar-refractivity contribution in [3.05, 3.63) is 70.8 Å². The SMILES string of the molecule is FC(F)(F)c1cc(COCC2CNCC2c2ccccc2)cc(C(F)(F)F)c1. The van der Waals surface area contributed by atoms with Gasteiger partial charge in [-0.05, 0) is 29.3 Å². The molecule has 0 spiro atoms.